The van der Waals surface area contributed by atoms with E-state index in [9.17, 15) is 19.5 Å². The number of morpholine rings is 1. The highest BCUT2D eigenvalue weighted by Gasteiger charge is 2.40. The molecule has 1 aromatic heterocycles. The molecule has 2 aliphatic rings. The maximum Gasteiger partial charge on any atom is 0.329 e. The quantitative estimate of drug-likeness (QED) is 0.652. The van der Waals surface area contributed by atoms with Crippen LogP contribution in [0.2, 0.25) is 0 Å². The fourth-order valence-electron chi connectivity index (χ4n) is 3.93. The highest BCUT2D eigenvalue weighted by atomic mass is 16.5. The first-order valence-corrected chi connectivity index (χ1v) is 9.88. The number of hydrogen-bond donors (Lipinski definition) is 3. The molecule has 2 fully saturated rings. The van der Waals surface area contributed by atoms with Crippen LogP contribution in [-0.2, 0) is 20.7 Å². The molecule has 0 radical (unpaired) electrons. The van der Waals surface area contributed by atoms with Gasteiger partial charge >= 0.3 is 5.97 Å². The number of rotatable bonds is 6. The monoisotopic (exact) mass is 392 g/mol. The number of amides is 1. The number of carbonyl (C=O) groups excluding carboxylic acids is 1. The molecule has 9 heteroatoms. The van der Waals surface area contributed by atoms with Gasteiger partial charge in [0.1, 0.15) is 5.54 Å². The minimum absolute atomic E-state index is 0.0531. The first-order valence-electron chi connectivity index (χ1n) is 9.88. The van der Waals surface area contributed by atoms with Crippen LogP contribution < -0.4 is 15.8 Å². The molecular weight excluding hydrogens is 364 g/mol. The number of carboxylic acids is 1. The second-order valence-electron chi connectivity index (χ2n) is 7.55. The summed E-state index contributed by atoms with van der Waals surface area (Å²) in [4.78, 5) is 45.8. The standard InChI is InChI=1S/C19H28N4O5/c1-13-14(16(25)21-18(20-13)23-9-11-28-12-10-23)5-6-15(24)22-19(17(26)27)7-3-2-4-8-19/h2-12H2,1H3,(H,22,24)(H,26,27)(H,20,21,25). The number of nitrogens with one attached hydrogen (secondary N) is 2. The van der Waals surface area contributed by atoms with Crippen LogP contribution in [0.4, 0.5) is 5.95 Å². The van der Waals surface area contributed by atoms with Gasteiger partial charge in [-0.25, -0.2) is 9.78 Å². The van der Waals surface area contributed by atoms with E-state index in [1.165, 1.54) is 0 Å². The van der Waals surface area contributed by atoms with E-state index in [0.717, 1.165) is 19.3 Å². The lowest BCUT2D eigenvalue weighted by atomic mass is 9.81. The number of hydrogen-bond acceptors (Lipinski definition) is 6. The topological polar surface area (TPSA) is 125 Å². The Balaban J connectivity index is 1.64. The third-order valence-corrected chi connectivity index (χ3v) is 5.62. The van der Waals surface area contributed by atoms with Gasteiger partial charge in [0.05, 0.1) is 13.2 Å². The molecule has 1 amide bonds. The summed E-state index contributed by atoms with van der Waals surface area (Å²) in [6, 6.07) is 0. The SMILES string of the molecule is Cc1nc(N2CCOCC2)[nH]c(=O)c1CCC(=O)NC1(C(=O)O)CCCCC1. The number of aryl methyl sites for hydroxylation is 1. The average molecular weight is 392 g/mol. The molecule has 1 aliphatic heterocycles. The van der Waals surface area contributed by atoms with Crippen molar-refractivity contribution in [3.63, 3.8) is 0 Å². The van der Waals surface area contributed by atoms with Crippen molar-refractivity contribution in [2.45, 2.75) is 57.4 Å². The third kappa shape index (κ3) is 4.52. The number of ether oxygens (including phenoxy) is 1. The highest BCUT2D eigenvalue weighted by molar-refractivity contribution is 5.87. The van der Waals surface area contributed by atoms with E-state index in [0.29, 0.717) is 56.4 Å². The summed E-state index contributed by atoms with van der Waals surface area (Å²) in [5.41, 5.74) is -0.383. The Kier molecular flexibility index (Phi) is 6.33. The predicted octanol–water partition coefficient (Wildman–Crippen LogP) is 0.751. The van der Waals surface area contributed by atoms with Crippen molar-refractivity contribution in [3.8, 4) is 0 Å². The molecule has 154 valence electrons. The number of carboxylic acid groups (broad SMARTS) is 1. The second-order valence-corrected chi connectivity index (χ2v) is 7.55. The van der Waals surface area contributed by atoms with E-state index in [1.54, 1.807) is 6.92 Å². The number of aromatic nitrogens is 2. The first-order chi connectivity index (χ1) is 13.4. The normalized spacial score (nSPS) is 19.2. The van der Waals surface area contributed by atoms with Crippen molar-refractivity contribution in [3.05, 3.63) is 21.6 Å². The van der Waals surface area contributed by atoms with Crippen molar-refractivity contribution < 1.29 is 19.4 Å². The largest absolute Gasteiger partial charge is 0.480 e. The Morgan fingerprint density at radius 3 is 2.54 bits per heavy atom. The Bertz CT molecular complexity index is 779. The molecule has 9 nitrogen and oxygen atoms in total. The number of H-pyrrole nitrogens is 1. The molecule has 1 saturated heterocycles. The van der Waals surface area contributed by atoms with Crippen LogP contribution >= 0.6 is 0 Å². The summed E-state index contributed by atoms with van der Waals surface area (Å²) >= 11 is 0. The summed E-state index contributed by atoms with van der Waals surface area (Å²) in [6.45, 7) is 4.28. The van der Waals surface area contributed by atoms with E-state index < -0.39 is 11.5 Å². The Hall–Kier alpha value is -2.42. The van der Waals surface area contributed by atoms with Gasteiger partial charge in [-0.2, -0.15) is 0 Å². The van der Waals surface area contributed by atoms with Crippen molar-refractivity contribution in [2.75, 3.05) is 31.2 Å². The Morgan fingerprint density at radius 1 is 1.25 bits per heavy atom. The molecule has 0 spiro atoms. The number of aromatic amines is 1. The van der Waals surface area contributed by atoms with Gasteiger partial charge in [0, 0.05) is 30.8 Å². The third-order valence-electron chi connectivity index (χ3n) is 5.62. The fourth-order valence-corrected chi connectivity index (χ4v) is 3.93. The molecular formula is C19H28N4O5. The zero-order chi connectivity index (χ0) is 20.1. The fraction of sp³-hybridized carbons (Fsp3) is 0.684. The number of nitrogens with zero attached hydrogens (tertiary/aromatic N) is 2. The van der Waals surface area contributed by atoms with Gasteiger partial charge in [-0.05, 0) is 26.2 Å². The number of carbonyl (C=O) groups is 2. The van der Waals surface area contributed by atoms with E-state index in [1.807, 2.05) is 4.90 Å². The molecule has 28 heavy (non-hydrogen) atoms. The molecule has 1 aliphatic carbocycles. The van der Waals surface area contributed by atoms with Crippen LogP contribution in [0.15, 0.2) is 4.79 Å². The number of anilines is 1. The molecule has 0 atom stereocenters. The van der Waals surface area contributed by atoms with Crippen molar-refractivity contribution >= 4 is 17.8 Å². The van der Waals surface area contributed by atoms with Gasteiger partial charge in [0.2, 0.25) is 11.9 Å². The summed E-state index contributed by atoms with van der Waals surface area (Å²) in [5, 5.41) is 12.3. The zero-order valence-electron chi connectivity index (χ0n) is 16.3. The molecule has 1 saturated carbocycles. The van der Waals surface area contributed by atoms with Crippen LogP contribution in [0.5, 0.6) is 0 Å². The lowest BCUT2D eigenvalue weighted by molar-refractivity contribution is -0.149. The second kappa shape index (κ2) is 8.72. The van der Waals surface area contributed by atoms with Gasteiger partial charge in [0.25, 0.3) is 5.56 Å². The summed E-state index contributed by atoms with van der Waals surface area (Å²) in [5.74, 6) is -0.808. The van der Waals surface area contributed by atoms with Gasteiger partial charge in [-0.1, -0.05) is 19.3 Å². The average Bonchev–Trinajstić information content (AvgIpc) is 2.68. The summed E-state index contributed by atoms with van der Waals surface area (Å²) in [7, 11) is 0. The summed E-state index contributed by atoms with van der Waals surface area (Å²) < 4.78 is 5.31. The molecule has 0 unspecified atom stereocenters. The van der Waals surface area contributed by atoms with Gasteiger partial charge in [-0.3, -0.25) is 14.6 Å². The molecule has 2 heterocycles. The number of aliphatic carboxylic acids is 1. The van der Waals surface area contributed by atoms with Crippen LogP contribution in [0.25, 0.3) is 0 Å². The van der Waals surface area contributed by atoms with Crippen molar-refractivity contribution in [2.24, 2.45) is 0 Å². The molecule has 3 N–H and O–H groups in total. The van der Waals surface area contributed by atoms with Gasteiger partial charge < -0.3 is 20.1 Å². The van der Waals surface area contributed by atoms with Crippen LogP contribution in [0.1, 0.15) is 49.8 Å². The lowest BCUT2D eigenvalue weighted by Crippen LogP contribution is -2.55. The molecule has 1 aromatic rings. The van der Waals surface area contributed by atoms with E-state index in [2.05, 4.69) is 15.3 Å². The van der Waals surface area contributed by atoms with Crippen LogP contribution in [0.3, 0.4) is 0 Å². The molecule has 0 bridgehead atoms. The Labute approximate surface area is 163 Å². The Morgan fingerprint density at radius 2 is 1.93 bits per heavy atom. The molecule has 0 aromatic carbocycles. The van der Waals surface area contributed by atoms with Gasteiger partial charge in [-0.15, -0.1) is 0 Å². The van der Waals surface area contributed by atoms with Gasteiger partial charge in [0.15, 0.2) is 0 Å². The lowest BCUT2D eigenvalue weighted by Gasteiger charge is -2.34. The predicted molar refractivity (Wildman–Crippen MR) is 103 cm³/mol. The van der Waals surface area contributed by atoms with Crippen LogP contribution in [-0.4, -0.2) is 58.8 Å². The van der Waals surface area contributed by atoms with E-state index in [-0.39, 0.29) is 24.3 Å². The van der Waals surface area contributed by atoms with E-state index >= 15 is 0 Å². The zero-order valence-corrected chi connectivity index (χ0v) is 16.3. The highest BCUT2D eigenvalue weighted by Crippen LogP contribution is 2.28. The maximum atomic E-state index is 12.5. The maximum absolute atomic E-state index is 12.5. The van der Waals surface area contributed by atoms with Crippen molar-refractivity contribution in [1.29, 1.82) is 0 Å². The minimum Gasteiger partial charge on any atom is -0.480 e. The summed E-state index contributed by atoms with van der Waals surface area (Å²) in [6.07, 6.45) is 3.74. The minimum atomic E-state index is -1.17. The van der Waals surface area contributed by atoms with Crippen molar-refractivity contribution in [1.82, 2.24) is 15.3 Å². The van der Waals surface area contributed by atoms with E-state index in [4.69, 9.17) is 4.74 Å². The first kappa shape index (κ1) is 20.3. The smallest absolute Gasteiger partial charge is 0.329 e. The molecule has 3 rings (SSSR count). The van der Waals surface area contributed by atoms with Crippen LogP contribution in [0, 0.1) is 6.92 Å².